The van der Waals surface area contributed by atoms with E-state index in [2.05, 4.69) is 187 Å². The zero-order valence-corrected chi connectivity index (χ0v) is 34.6. The number of hydrogen-bond donors (Lipinski definition) is 1. The fourth-order valence-corrected chi connectivity index (χ4v) is 7.81. The van der Waals surface area contributed by atoms with Gasteiger partial charge in [0.1, 0.15) is 11.6 Å². The van der Waals surface area contributed by atoms with Gasteiger partial charge in [0.15, 0.2) is 0 Å². The van der Waals surface area contributed by atoms with Crippen molar-refractivity contribution in [2.24, 2.45) is 0 Å². The minimum Gasteiger partial charge on any atom is -0.507 e. The Labute approximate surface area is 337 Å². The zero-order valence-electron chi connectivity index (χ0n) is 34.6. The molecule has 8 rings (SSSR count). The molecule has 0 atom stereocenters. The molecule has 57 heavy (non-hydrogen) atoms. The number of aryl methyl sites for hydroxylation is 3. The predicted molar refractivity (Wildman–Crippen MR) is 239 cm³/mol. The molecule has 0 saturated carbocycles. The van der Waals surface area contributed by atoms with Crippen molar-refractivity contribution in [1.82, 2.24) is 14.5 Å². The first kappa shape index (κ1) is 37.7. The maximum absolute atomic E-state index is 11.7. The maximum Gasteiger partial charge on any atom is 0.149 e. The molecule has 8 aromatic rings. The molecule has 4 heteroatoms. The number of rotatable bonds is 6. The largest absolute Gasteiger partial charge is 0.507 e. The smallest absolute Gasteiger partial charge is 0.149 e. The van der Waals surface area contributed by atoms with E-state index in [1.54, 1.807) is 0 Å². The summed E-state index contributed by atoms with van der Waals surface area (Å²) in [5.41, 5.74) is 17.5. The summed E-state index contributed by atoms with van der Waals surface area (Å²) >= 11 is 0. The van der Waals surface area contributed by atoms with Crippen LogP contribution in [0.1, 0.15) is 69.4 Å². The van der Waals surface area contributed by atoms with Crippen LogP contribution in [0, 0.1) is 20.8 Å². The van der Waals surface area contributed by atoms with Crippen LogP contribution in [-0.4, -0.2) is 19.6 Å². The van der Waals surface area contributed by atoms with E-state index in [1.807, 2.05) is 19.2 Å². The number of para-hydroxylation sites is 1. The lowest BCUT2D eigenvalue weighted by molar-refractivity contribution is 0.472. The van der Waals surface area contributed by atoms with Crippen molar-refractivity contribution < 1.29 is 5.11 Å². The van der Waals surface area contributed by atoms with Crippen LogP contribution in [0.2, 0.25) is 0 Å². The third-order valence-corrected chi connectivity index (χ3v) is 11.1. The van der Waals surface area contributed by atoms with Crippen LogP contribution in [-0.2, 0) is 10.8 Å². The van der Waals surface area contributed by atoms with Gasteiger partial charge in [-0.3, -0.25) is 9.55 Å². The van der Waals surface area contributed by atoms with Gasteiger partial charge in [0.25, 0.3) is 0 Å². The molecule has 1 N–H and O–H groups in total. The first-order valence-corrected chi connectivity index (χ1v) is 19.9. The van der Waals surface area contributed by atoms with Gasteiger partial charge in [0, 0.05) is 22.9 Å². The first-order chi connectivity index (χ1) is 27.2. The van der Waals surface area contributed by atoms with Gasteiger partial charge in [-0.1, -0.05) is 132 Å². The third kappa shape index (κ3) is 7.29. The van der Waals surface area contributed by atoms with E-state index in [-0.39, 0.29) is 16.6 Å². The molecule has 0 unspecified atom stereocenters. The predicted octanol–water partition coefficient (Wildman–Crippen LogP) is 14.0. The van der Waals surface area contributed by atoms with Crippen LogP contribution in [0.25, 0.3) is 72.7 Å². The number of hydrogen-bond acceptors (Lipinski definition) is 3. The van der Waals surface area contributed by atoms with Gasteiger partial charge in [-0.05, 0) is 125 Å². The third-order valence-electron chi connectivity index (χ3n) is 11.1. The number of imidazole rings is 1. The molecule has 0 aliphatic carbocycles. The summed E-state index contributed by atoms with van der Waals surface area (Å²) < 4.78 is 2.25. The summed E-state index contributed by atoms with van der Waals surface area (Å²) in [5, 5.41) is 11.7. The Balaban J connectivity index is 1.41. The molecule has 2 aromatic heterocycles. The Bertz CT molecular complexity index is 2780. The summed E-state index contributed by atoms with van der Waals surface area (Å²) in [4.78, 5) is 10.4. The zero-order chi connectivity index (χ0) is 40.2. The van der Waals surface area contributed by atoms with Crippen molar-refractivity contribution in [3.05, 3.63) is 167 Å². The fraction of sp³-hybridized carbons (Fsp3) is 0.208. The van der Waals surface area contributed by atoms with Gasteiger partial charge >= 0.3 is 0 Å². The summed E-state index contributed by atoms with van der Waals surface area (Å²) in [6.07, 6.45) is 1.91. The monoisotopic (exact) mass is 745 g/mol. The number of nitrogens with zero attached hydrogens (tertiary/aromatic N) is 3. The summed E-state index contributed by atoms with van der Waals surface area (Å²) in [6.45, 7) is 19.7. The fourth-order valence-electron chi connectivity index (χ4n) is 7.81. The lowest BCUT2D eigenvalue weighted by Gasteiger charge is -2.23. The van der Waals surface area contributed by atoms with Gasteiger partial charge in [0.2, 0.25) is 0 Å². The average Bonchev–Trinajstić information content (AvgIpc) is 3.58. The van der Waals surface area contributed by atoms with Crippen molar-refractivity contribution in [1.29, 1.82) is 0 Å². The SMILES string of the molecule is Cc1ccc(-c2ccnc(-c3cc(-c4cccc5c4nc(-c4cc(C)cc(C)c4O)n5-c4ccc(C(C)(C)C)cc4-c4ccccc4)cc(C(C)(C)C)c3)c2)cc1. The molecule has 0 saturated heterocycles. The van der Waals surface area contributed by atoms with E-state index in [4.69, 9.17) is 9.97 Å². The maximum atomic E-state index is 11.7. The van der Waals surface area contributed by atoms with Crippen molar-refractivity contribution >= 4 is 11.0 Å². The van der Waals surface area contributed by atoms with Crippen LogP contribution in [0.3, 0.4) is 0 Å². The molecule has 4 nitrogen and oxygen atoms in total. The topological polar surface area (TPSA) is 50.9 Å². The standard InChI is InChI=1S/C53H51N3O/c1-33-18-20-36(21-19-33)38-24-25-54-46(31-38)40-28-39(29-42(30-40)53(7,8)9)43-16-13-17-48-49(43)55-51(45-27-34(2)26-35(3)50(45)57)56(48)47-23-22-41(52(4,5)6)32-44(47)37-14-11-10-12-15-37/h10-32,57H,1-9H3. The van der Waals surface area contributed by atoms with Gasteiger partial charge in [-0.25, -0.2) is 4.98 Å². The Morgan fingerprint density at radius 2 is 1.23 bits per heavy atom. The molecular formula is C53H51N3O. The Hall–Kier alpha value is -6.26. The molecule has 0 spiro atoms. The van der Waals surface area contributed by atoms with Gasteiger partial charge in [-0.2, -0.15) is 0 Å². The molecular weight excluding hydrogens is 695 g/mol. The Morgan fingerprint density at radius 3 is 1.95 bits per heavy atom. The van der Waals surface area contributed by atoms with Crippen LogP contribution >= 0.6 is 0 Å². The number of fused-ring (bicyclic) bond motifs is 1. The normalized spacial score (nSPS) is 12.0. The van der Waals surface area contributed by atoms with Crippen molar-refractivity contribution in [2.45, 2.75) is 73.1 Å². The quantitative estimate of drug-likeness (QED) is 0.184. The summed E-state index contributed by atoms with van der Waals surface area (Å²) in [6, 6.07) is 47.7. The lowest BCUT2D eigenvalue weighted by atomic mass is 9.83. The highest BCUT2D eigenvalue weighted by Gasteiger charge is 2.25. The molecule has 6 aromatic carbocycles. The van der Waals surface area contributed by atoms with E-state index in [0.29, 0.717) is 11.4 Å². The van der Waals surface area contributed by atoms with E-state index < -0.39 is 0 Å². The summed E-state index contributed by atoms with van der Waals surface area (Å²) in [7, 11) is 0. The van der Waals surface area contributed by atoms with Gasteiger partial charge < -0.3 is 5.11 Å². The number of aromatic hydroxyl groups is 1. The van der Waals surface area contributed by atoms with E-state index >= 15 is 0 Å². The second-order valence-corrected chi connectivity index (χ2v) is 17.6. The number of phenolic OH excluding ortho intramolecular Hbond substituents is 1. The molecule has 0 aliphatic rings. The van der Waals surface area contributed by atoms with Crippen LogP contribution in [0.15, 0.2) is 140 Å². The number of phenols is 1. The second kappa shape index (κ2) is 14.4. The van der Waals surface area contributed by atoms with Crippen molar-refractivity contribution in [2.75, 3.05) is 0 Å². The van der Waals surface area contributed by atoms with Crippen LogP contribution in [0.4, 0.5) is 0 Å². The highest BCUT2D eigenvalue weighted by molar-refractivity contribution is 5.98. The van der Waals surface area contributed by atoms with Gasteiger partial charge in [-0.15, -0.1) is 0 Å². The first-order valence-electron chi connectivity index (χ1n) is 19.9. The lowest BCUT2D eigenvalue weighted by Crippen LogP contribution is -2.12. The van der Waals surface area contributed by atoms with Crippen LogP contribution in [0.5, 0.6) is 5.75 Å². The molecule has 2 heterocycles. The minimum absolute atomic E-state index is 0.0503. The van der Waals surface area contributed by atoms with E-state index in [9.17, 15) is 5.11 Å². The average molecular weight is 746 g/mol. The summed E-state index contributed by atoms with van der Waals surface area (Å²) in [5.74, 6) is 0.935. The Kier molecular flexibility index (Phi) is 9.48. The highest BCUT2D eigenvalue weighted by atomic mass is 16.3. The minimum atomic E-state index is -0.123. The molecule has 284 valence electrons. The van der Waals surface area contributed by atoms with Gasteiger partial charge in [0.05, 0.1) is 28.0 Å². The number of benzene rings is 6. The van der Waals surface area contributed by atoms with E-state index in [0.717, 1.165) is 66.9 Å². The molecule has 0 radical (unpaired) electrons. The molecule has 0 amide bonds. The molecule has 0 fully saturated rings. The Morgan fingerprint density at radius 1 is 0.509 bits per heavy atom. The number of aromatic nitrogens is 3. The molecule has 0 bridgehead atoms. The van der Waals surface area contributed by atoms with Crippen molar-refractivity contribution in [3.8, 4) is 67.5 Å². The van der Waals surface area contributed by atoms with E-state index in [1.165, 1.54) is 22.3 Å². The van der Waals surface area contributed by atoms with Crippen LogP contribution < -0.4 is 0 Å². The molecule has 0 aliphatic heterocycles. The number of pyridine rings is 1. The highest BCUT2D eigenvalue weighted by Crippen LogP contribution is 2.43. The second-order valence-electron chi connectivity index (χ2n) is 17.6. The van der Waals surface area contributed by atoms with Crippen molar-refractivity contribution in [3.63, 3.8) is 0 Å².